The minimum absolute atomic E-state index is 0. The predicted molar refractivity (Wildman–Crippen MR) is 57.2 cm³/mol. The third-order valence-corrected chi connectivity index (χ3v) is 3.31. The van der Waals surface area contributed by atoms with Crippen molar-refractivity contribution >= 4 is 12.4 Å². The maximum Gasteiger partial charge on any atom is 0.118 e. The van der Waals surface area contributed by atoms with E-state index in [0.717, 1.165) is 13.0 Å². The summed E-state index contributed by atoms with van der Waals surface area (Å²) in [5.41, 5.74) is -0.349. The summed E-state index contributed by atoms with van der Waals surface area (Å²) < 4.78 is 13.7. The smallest absolute Gasteiger partial charge is 0.118 e. The van der Waals surface area contributed by atoms with E-state index in [0.29, 0.717) is 6.42 Å². The van der Waals surface area contributed by atoms with Crippen LogP contribution in [0.2, 0.25) is 0 Å². The van der Waals surface area contributed by atoms with Gasteiger partial charge < -0.3 is 5.32 Å². The Labute approximate surface area is 86.9 Å². The number of nitrogens with one attached hydrogen (secondary N) is 1. The maximum atomic E-state index is 13.7. The monoisotopic (exact) mass is 209 g/mol. The molecule has 0 amide bonds. The summed E-state index contributed by atoms with van der Waals surface area (Å²) >= 11 is 0. The fraction of sp³-hybridized carbons (Fsp3) is 1.00. The Kier molecular flexibility index (Phi) is 4.20. The Morgan fingerprint density at radius 2 is 1.92 bits per heavy atom. The average molecular weight is 210 g/mol. The molecule has 0 bridgehead atoms. The first-order chi connectivity index (χ1) is 5.38. The third kappa shape index (κ3) is 2.35. The molecule has 1 N–H and O–H groups in total. The summed E-state index contributed by atoms with van der Waals surface area (Å²) in [4.78, 5) is 0. The van der Waals surface area contributed by atoms with E-state index in [4.69, 9.17) is 0 Å². The fourth-order valence-corrected chi connectivity index (χ4v) is 1.76. The highest BCUT2D eigenvalue weighted by Gasteiger charge is 2.45. The van der Waals surface area contributed by atoms with Gasteiger partial charge in [0.15, 0.2) is 0 Å². The molecule has 0 aromatic carbocycles. The molecule has 1 nitrogen and oxygen atoms in total. The molecule has 0 aliphatic carbocycles. The van der Waals surface area contributed by atoms with Crippen LogP contribution in [-0.4, -0.2) is 18.3 Å². The summed E-state index contributed by atoms with van der Waals surface area (Å²) in [6.07, 6.45) is 0.972. The van der Waals surface area contributed by atoms with Gasteiger partial charge in [-0.3, -0.25) is 0 Å². The van der Waals surface area contributed by atoms with E-state index in [2.05, 4.69) is 26.1 Å². The van der Waals surface area contributed by atoms with Crippen LogP contribution in [0.4, 0.5) is 4.39 Å². The Hall–Kier alpha value is 0.180. The van der Waals surface area contributed by atoms with Crippen LogP contribution in [0.1, 0.15) is 40.5 Å². The van der Waals surface area contributed by atoms with Gasteiger partial charge in [-0.05, 0) is 31.7 Å². The number of rotatable bonds is 0. The van der Waals surface area contributed by atoms with E-state index in [1.165, 1.54) is 0 Å². The maximum absolute atomic E-state index is 13.7. The van der Waals surface area contributed by atoms with E-state index in [9.17, 15) is 4.39 Å². The van der Waals surface area contributed by atoms with E-state index < -0.39 is 6.17 Å². The molecular formula is C10H21ClFN. The highest BCUT2D eigenvalue weighted by Crippen LogP contribution is 2.37. The lowest BCUT2D eigenvalue weighted by atomic mass is 9.69. The van der Waals surface area contributed by atoms with Crippen molar-refractivity contribution in [3.8, 4) is 0 Å². The second kappa shape index (κ2) is 4.14. The molecule has 1 saturated heterocycles. The molecule has 1 aliphatic heterocycles. The highest BCUT2D eigenvalue weighted by atomic mass is 35.5. The Morgan fingerprint density at radius 3 is 2.23 bits per heavy atom. The van der Waals surface area contributed by atoms with Crippen molar-refractivity contribution in [2.75, 3.05) is 6.54 Å². The third-order valence-electron chi connectivity index (χ3n) is 3.31. The summed E-state index contributed by atoms with van der Waals surface area (Å²) in [5, 5.41) is 3.31. The Balaban J connectivity index is 0.00000144. The van der Waals surface area contributed by atoms with Gasteiger partial charge in [-0.1, -0.05) is 20.8 Å². The molecule has 1 aliphatic rings. The fourth-order valence-electron chi connectivity index (χ4n) is 1.76. The number of hydrogen-bond acceptors (Lipinski definition) is 1. The van der Waals surface area contributed by atoms with Gasteiger partial charge in [0.1, 0.15) is 6.17 Å². The lowest BCUT2D eigenvalue weighted by molar-refractivity contribution is 0.0303. The first-order valence-corrected chi connectivity index (χ1v) is 4.77. The quantitative estimate of drug-likeness (QED) is 0.647. The second-order valence-electron chi connectivity index (χ2n) is 4.99. The molecule has 2 atom stereocenters. The van der Waals surface area contributed by atoms with Crippen LogP contribution in [0.15, 0.2) is 0 Å². The topological polar surface area (TPSA) is 12.0 Å². The summed E-state index contributed by atoms with van der Waals surface area (Å²) in [7, 11) is 0. The Bertz CT molecular complexity index is 167. The molecule has 0 spiro atoms. The van der Waals surface area contributed by atoms with Crippen molar-refractivity contribution in [3.63, 3.8) is 0 Å². The molecule has 13 heavy (non-hydrogen) atoms. The average Bonchev–Trinajstić information content (AvgIpc) is 1.93. The lowest BCUT2D eigenvalue weighted by Crippen LogP contribution is -2.61. The van der Waals surface area contributed by atoms with Crippen molar-refractivity contribution < 1.29 is 4.39 Å². The highest BCUT2D eigenvalue weighted by molar-refractivity contribution is 5.85. The van der Waals surface area contributed by atoms with Gasteiger partial charge in [-0.25, -0.2) is 4.39 Å². The Morgan fingerprint density at radius 1 is 1.38 bits per heavy atom. The number of alkyl halides is 1. The second-order valence-corrected chi connectivity index (χ2v) is 4.99. The van der Waals surface area contributed by atoms with Crippen LogP contribution in [0.5, 0.6) is 0 Å². The molecule has 1 fully saturated rings. The molecule has 0 aromatic rings. The van der Waals surface area contributed by atoms with Gasteiger partial charge >= 0.3 is 0 Å². The summed E-state index contributed by atoms with van der Waals surface area (Å²) in [6.45, 7) is 9.23. The van der Waals surface area contributed by atoms with E-state index in [1.54, 1.807) is 0 Å². The van der Waals surface area contributed by atoms with Crippen molar-refractivity contribution in [2.45, 2.75) is 52.2 Å². The lowest BCUT2D eigenvalue weighted by Gasteiger charge is -2.47. The van der Waals surface area contributed by atoms with E-state index in [1.807, 2.05) is 6.92 Å². The number of hydrogen-bond donors (Lipinski definition) is 1. The molecular weight excluding hydrogens is 189 g/mol. The number of halogens is 2. The molecule has 0 radical (unpaired) electrons. The zero-order valence-electron chi connectivity index (χ0n) is 8.98. The minimum atomic E-state index is -0.703. The predicted octanol–water partition coefficient (Wildman–Crippen LogP) is 2.93. The van der Waals surface area contributed by atoms with E-state index >= 15 is 0 Å². The van der Waals surface area contributed by atoms with Crippen LogP contribution in [0.25, 0.3) is 0 Å². The van der Waals surface area contributed by atoms with Gasteiger partial charge in [-0.2, -0.15) is 0 Å². The van der Waals surface area contributed by atoms with Gasteiger partial charge in [0.2, 0.25) is 0 Å². The molecule has 3 heteroatoms. The number of piperidine rings is 1. The van der Waals surface area contributed by atoms with Crippen molar-refractivity contribution in [2.24, 2.45) is 5.41 Å². The first kappa shape index (κ1) is 13.2. The standard InChI is InChI=1S/C10H20FN.ClH/c1-9(2,3)10(4)8(11)6-5-7-12-10;/h8,12H,5-7H2,1-4H3;1H. The SMILES string of the molecule is CC(C)(C)C1(C)NCCCC1F.Cl. The van der Waals surface area contributed by atoms with Crippen molar-refractivity contribution in [1.82, 2.24) is 5.32 Å². The van der Waals surface area contributed by atoms with Gasteiger partial charge in [0.05, 0.1) is 5.54 Å². The van der Waals surface area contributed by atoms with Crippen LogP contribution < -0.4 is 5.32 Å². The van der Waals surface area contributed by atoms with Crippen molar-refractivity contribution in [1.29, 1.82) is 0 Å². The van der Waals surface area contributed by atoms with Crippen molar-refractivity contribution in [3.05, 3.63) is 0 Å². The minimum Gasteiger partial charge on any atom is -0.308 e. The van der Waals surface area contributed by atoms with Gasteiger partial charge in [0, 0.05) is 0 Å². The zero-order valence-corrected chi connectivity index (χ0v) is 9.80. The molecule has 0 saturated carbocycles. The molecule has 0 aromatic heterocycles. The van der Waals surface area contributed by atoms with Crippen LogP contribution >= 0.6 is 12.4 Å². The molecule has 2 unspecified atom stereocenters. The zero-order chi connectivity index (χ0) is 9.41. The van der Waals surface area contributed by atoms with Crippen LogP contribution in [0, 0.1) is 5.41 Å². The van der Waals surface area contributed by atoms with Gasteiger partial charge in [-0.15, -0.1) is 12.4 Å². The normalized spacial score (nSPS) is 35.3. The summed E-state index contributed by atoms with van der Waals surface area (Å²) in [6, 6.07) is 0. The molecule has 1 rings (SSSR count). The van der Waals surface area contributed by atoms with Crippen LogP contribution in [0.3, 0.4) is 0 Å². The summed E-state index contributed by atoms with van der Waals surface area (Å²) in [5.74, 6) is 0. The van der Waals surface area contributed by atoms with Gasteiger partial charge in [0.25, 0.3) is 0 Å². The molecule has 1 heterocycles. The largest absolute Gasteiger partial charge is 0.308 e. The first-order valence-electron chi connectivity index (χ1n) is 4.77. The molecule has 80 valence electrons. The van der Waals surface area contributed by atoms with Crippen LogP contribution in [-0.2, 0) is 0 Å². The van der Waals surface area contributed by atoms with E-state index in [-0.39, 0.29) is 23.4 Å².